The molecular formula is C11H25N3O. The predicted molar refractivity (Wildman–Crippen MR) is 63.9 cm³/mol. The van der Waals surface area contributed by atoms with E-state index < -0.39 is 0 Å². The molecule has 90 valence electrons. The summed E-state index contributed by atoms with van der Waals surface area (Å²) < 4.78 is 0. The highest BCUT2D eigenvalue weighted by Gasteiger charge is 2.08. The van der Waals surface area contributed by atoms with Crippen molar-refractivity contribution >= 4 is 5.91 Å². The number of carbonyl (C=O) groups excluding carboxylic acids is 1. The molecule has 15 heavy (non-hydrogen) atoms. The van der Waals surface area contributed by atoms with Crippen LogP contribution in [0.1, 0.15) is 20.3 Å². The van der Waals surface area contributed by atoms with Crippen LogP contribution in [-0.2, 0) is 4.79 Å². The second kappa shape index (κ2) is 7.65. The van der Waals surface area contributed by atoms with Crippen molar-refractivity contribution in [3.8, 4) is 0 Å². The summed E-state index contributed by atoms with van der Waals surface area (Å²) in [6, 6.07) is 0.365. The fraction of sp³-hybridized carbons (Fsp3) is 0.909. The van der Waals surface area contributed by atoms with Crippen molar-refractivity contribution in [2.24, 2.45) is 0 Å². The van der Waals surface area contributed by atoms with E-state index in [1.54, 1.807) is 4.90 Å². The van der Waals surface area contributed by atoms with Crippen molar-refractivity contribution in [3.63, 3.8) is 0 Å². The molecule has 4 heteroatoms. The number of amides is 1. The number of likely N-dealkylation sites (N-methyl/N-ethyl adjacent to an activating group) is 1. The van der Waals surface area contributed by atoms with Crippen LogP contribution in [0, 0.1) is 0 Å². The summed E-state index contributed by atoms with van der Waals surface area (Å²) in [6.07, 6.45) is 1.02. The van der Waals surface area contributed by atoms with Crippen molar-refractivity contribution < 1.29 is 4.79 Å². The number of carbonyl (C=O) groups is 1. The fourth-order valence-electron chi connectivity index (χ4n) is 1.18. The Bertz CT molecular complexity index is 181. The molecule has 0 atom stereocenters. The monoisotopic (exact) mass is 215 g/mol. The molecule has 0 aliphatic carbocycles. The predicted octanol–water partition coefficient (Wildman–Crippen LogP) is 0.395. The van der Waals surface area contributed by atoms with Crippen molar-refractivity contribution in [3.05, 3.63) is 0 Å². The van der Waals surface area contributed by atoms with E-state index in [1.165, 1.54) is 0 Å². The van der Waals surface area contributed by atoms with Gasteiger partial charge in [-0.1, -0.05) is 13.8 Å². The maximum atomic E-state index is 11.6. The molecule has 0 saturated carbocycles. The average molecular weight is 215 g/mol. The van der Waals surface area contributed by atoms with Crippen LogP contribution in [-0.4, -0.2) is 62.5 Å². The summed E-state index contributed by atoms with van der Waals surface area (Å²) in [6.45, 7) is 6.38. The first-order chi connectivity index (χ1) is 6.93. The molecular weight excluding hydrogens is 190 g/mol. The van der Waals surface area contributed by atoms with Gasteiger partial charge in [-0.25, -0.2) is 0 Å². The van der Waals surface area contributed by atoms with Gasteiger partial charge in [0, 0.05) is 19.6 Å². The molecule has 0 saturated heterocycles. The van der Waals surface area contributed by atoms with Gasteiger partial charge in [0.25, 0.3) is 0 Å². The lowest BCUT2D eigenvalue weighted by Crippen LogP contribution is -2.39. The van der Waals surface area contributed by atoms with E-state index in [4.69, 9.17) is 0 Å². The van der Waals surface area contributed by atoms with E-state index in [-0.39, 0.29) is 5.91 Å². The van der Waals surface area contributed by atoms with Crippen LogP contribution in [0.15, 0.2) is 0 Å². The molecule has 0 aliphatic rings. The Kier molecular flexibility index (Phi) is 7.34. The van der Waals surface area contributed by atoms with Gasteiger partial charge in [0.1, 0.15) is 0 Å². The summed E-state index contributed by atoms with van der Waals surface area (Å²) in [4.78, 5) is 15.5. The normalized spacial score (nSPS) is 11.1. The quantitative estimate of drug-likeness (QED) is 0.667. The maximum absolute atomic E-state index is 11.6. The van der Waals surface area contributed by atoms with Crippen LogP contribution in [0.5, 0.6) is 0 Å². The lowest BCUT2D eigenvalue weighted by Gasteiger charge is -2.19. The molecule has 0 radical (unpaired) electrons. The summed E-state index contributed by atoms with van der Waals surface area (Å²) in [5, 5.41) is 3.12. The molecule has 0 rings (SSSR count). The first-order valence-electron chi connectivity index (χ1n) is 5.55. The zero-order chi connectivity index (χ0) is 11.8. The second-order valence-electron chi connectivity index (χ2n) is 4.51. The van der Waals surface area contributed by atoms with E-state index in [0.29, 0.717) is 12.6 Å². The topological polar surface area (TPSA) is 35.6 Å². The fourth-order valence-corrected chi connectivity index (χ4v) is 1.18. The Labute approximate surface area is 93.6 Å². The Morgan fingerprint density at radius 3 is 2.27 bits per heavy atom. The Morgan fingerprint density at radius 1 is 1.20 bits per heavy atom. The summed E-state index contributed by atoms with van der Waals surface area (Å²) in [7, 11) is 5.95. The second-order valence-corrected chi connectivity index (χ2v) is 4.51. The van der Waals surface area contributed by atoms with Crippen LogP contribution in [0.4, 0.5) is 0 Å². The zero-order valence-electron chi connectivity index (χ0n) is 10.7. The molecule has 0 fully saturated rings. The first kappa shape index (κ1) is 14.4. The van der Waals surface area contributed by atoms with Crippen molar-refractivity contribution in [2.45, 2.75) is 26.3 Å². The van der Waals surface area contributed by atoms with Crippen molar-refractivity contribution in [2.75, 3.05) is 40.8 Å². The Balaban J connectivity index is 3.60. The van der Waals surface area contributed by atoms with Crippen LogP contribution in [0.25, 0.3) is 0 Å². The summed E-state index contributed by atoms with van der Waals surface area (Å²) in [5.74, 6) is 0.169. The van der Waals surface area contributed by atoms with Crippen molar-refractivity contribution in [1.82, 2.24) is 15.1 Å². The van der Waals surface area contributed by atoms with Crippen LogP contribution in [0.3, 0.4) is 0 Å². The van der Waals surface area contributed by atoms with Gasteiger partial charge in [-0.05, 0) is 27.1 Å². The third kappa shape index (κ3) is 8.39. The smallest absolute Gasteiger partial charge is 0.236 e. The largest absolute Gasteiger partial charge is 0.345 e. The standard InChI is InChI=1S/C11H25N3O/c1-10(2)12-9-11(15)14(5)8-6-7-13(3)4/h10,12H,6-9H2,1-5H3. The van der Waals surface area contributed by atoms with E-state index in [2.05, 4.69) is 10.2 Å². The molecule has 0 aromatic carbocycles. The van der Waals surface area contributed by atoms with Crippen LogP contribution >= 0.6 is 0 Å². The summed E-state index contributed by atoms with van der Waals surface area (Å²) >= 11 is 0. The van der Waals surface area contributed by atoms with Gasteiger partial charge >= 0.3 is 0 Å². The lowest BCUT2D eigenvalue weighted by atomic mass is 10.3. The van der Waals surface area contributed by atoms with Gasteiger partial charge in [-0.3, -0.25) is 4.79 Å². The highest BCUT2D eigenvalue weighted by Crippen LogP contribution is 1.90. The van der Waals surface area contributed by atoms with Gasteiger partial charge in [0.2, 0.25) is 5.91 Å². The Morgan fingerprint density at radius 2 is 1.80 bits per heavy atom. The lowest BCUT2D eigenvalue weighted by molar-refractivity contribution is -0.129. The molecule has 0 unspecified atom stereocenters. The van der Waals surface area contributed by atoms with Gasteiger partial charge in [-0.15, -0.1) is 0 Å². The molecule has 1 N–H and O–H groups in total. The van der Waals surface area contributed by atoms with E-state index in [0.717, 1.165) is 19.5 Å². The minimum atomic E-state index is 0.169. The molecule has 0 aromatic heterocycles. The molecule has 0 aromatic rings. The van der Waals surface area contributed by atoms with E-state index >= 15 is 0 Å². The minimum absolute atomic E-state index is 0.169. The zero-order valence-corrected chi connectivity index (χ0v) is 10.7. The van der Waals surface area contributed by atoms with Crippen LogP contribution < -0.4 is 5.32 Å². The number of nitrogens with one attached hydrogen (secondary N) is 1. The van der Waals surface area contributed by atoms with Crippen LogP contribution in [0.2, 0.25) is 0 Å². The third-order valence-electron chi connectivity index (χ3n) is 2.19. The summed E-state index contributed by atoms with van der Waals surface area (Å²) in [5.41, 5.74) is 0. The number of hydrogen-bond acceptors (Lipinski definition) is 3. The van der Waals surface area contributed by atoms with Gasteiger partial charge in [0.05, 0.1) is 6.54 Å². The van der Waals surface area contributed by atoms with Gasteiger partial charge in [0.15, 0.2) is 0 Å². The molecule has 0 bridgehead atoms. The average Bonchev–Trinajstić information content (AvgIpc) is 2.13. The SMILES string of the molecule is CC(C)NCC(=O)N(C)CCCN(C)C. The van der Waals surface area contributed by atoms with Gasteiger partial charge in [-0.2, -0.15) is 0 Å². The first-order valence-corrected chi connectivity index (χ1v) is 5.55. The molecule has 0 heterocycles. The number of hydrogen-bond donors (Lipinski definition) is 1. The van der Waals surface area contributed by atoms with Crippen molar-refractivity contribution in [1.29, 1.82) is 0 Å². The third-order valence-corrected chi connectivity index (χ3v) is 2.19. The molecule has 4 nitrogen and oxygen atoms in total. The minimum Gasteiger partial charge on any atom is -0.345 e. The van der Waals surface area contributed by atoms with E-state index in [1.807, 2.05) is 35.0 Å². The maximum Gasteiger partial charge on any atom is 0.236 e. The highest BCUT2D eigenvalue weighted by atomic mass is 16.2. The Hall–Kier alpha value is -0.610. The molecule has 1 amide bonds. The van der Waals surface area contributed by atoms with Gasteiger partial charge < -0.3 is 15.1 Å². The number of rotatable bonds is 7. The van der Waals surface area contributed by atoms with E-state index in [9.17, 15) is 4.79 Å². The molecule has 0 spiro atoms. The molecule has 0 aliphatic heterocycles. The number of nitrogens with zero attached hydrogens (tertiary/aromatic N) is 2. The highest BCUT2D eigenvalue weighted by molar-refractivity contribution is 5.77.